The summed E-state index contributed by atoms with van der Waals surface area (Å²) in [7, 11) is 0. The van der Waals surface area contributed by atoms with Gasteiger partial charge >= 0.3 is 0 Å². The molecule has 0 saturated carbocycles. The molecule has 5 rings (SSSR count). The lowest BCUT2D eigenvalue weighted by atomic mass is 9.95. The van der Waals surface area contributed by atoms with E-state index in [-0.39, 0.29) is 23.9 Å². The van der Waals surface area contributed by atoms with E-state index in [0.717, 1.165) is 56.2 Å². The van der Waals surface area contributed by atoms with Crippen LogP contribution < -0.4 is 10.6 Å². The van der Waals surface area contributed by atoms with E-state index in [9.17, 15) is 9.59 Å². The van der Waals surface area contributed by atoms with Gasteiger partial charge in [0, 0.05) is 48.7 Å². The number of nitrogens with one attached hydrogen (secondary N) is 2. The number of fused-ring (bicyclic) bond motifs is 1. The molecule has 0 radical (unpaired) electrons. The fourth-order valence-corrected chi connectivity index (χ4v) is 6.44. The van der Waals surface area contributed by atoms with E-state index in [4.69, 9.17) is 11.6 Å². The number of benzene rings is 3. The first kappa shape index (κ1) is 29.6. The minimum atomic E-state index is -0.250. The van der Waals surface area contributed by atoms with Gasteiger partial charge in [-0.3, -0.25) is 9.59 Å². The van der Waals surface area contributed by atoms with Crippen molar-refractivity contribution < 1.29 is 9.59 Å². The predicted octanol–water partition coefficient (Wildman–Crippen LogP) is 5.85. The van der Waals surface area contributed by atoms with Gasteiger partial charge in [-0.15, -0.1) is 0 Å². The Balaban J connectivity index is 1.26. The monoisotopic (exact) mass is 574 g/mol. The molecule has 218 valence electrons. The van der Waals surface area contributed by atoms with Crippen molar-refractivity contribution in [2.75, 3.05) is 39.3 Å². The van der Waals surface area contributed by atoms with Gasteiger partial charge in [-0.05, 0) is 85.8 Å². The van der Waals surface area contributed by atoms with Gasteiger partial charge < -0.3 is 20.4 Å². The quantitative estimate of drug-likeness (QED) is 0.319. The minimum Gasteiger partial charge on any atom is -0.350 e. The van der Waals surface area contributed by atoms with Crippen LogP contribution in [-0.4, -0.2) is 73.0 Å². The Bertz CT molecular complexity index is 1310. The first-order chi connectivity index (χ1) is 20.0. The Morgan fingerprint density at radius 3 is 2.54 bits per heavy atom. The molecule has 2 heterocycles. The molecule has 2 aliphatic heterocycles. The average Bonchev–Trinajstić information content (AvgIpc) is 3.16. The molecule has 3 aromatic rings. The normalized spacial score (nSPS) is 21.0. The molecule has 0 aromatic heterocycles. The zero-order chi connectivity index (χ0) is 28.6. The standard InChI is InChI=1S/C34H43ClN4O2/c1-2-25(26-9-5-3-6-10-26)24-39-20-15-31(37-32(34(39)41)16-19-38-17-7-4-8-18-38)23-36-33(40)29-12-11-28-22-30(35)14-13-27(28)21-29/h3,5-6,9-14,21-22,25,31-32,37H,2,4,7-8,15-20,23-24H2,1H3,(H,36,40)/t25-,31-,32-/m1/s1. The first-order valence-electron chi connectivity index (χ1n) is 15.3. The number of likely N-dealkylation sites (tertiary alicyclic amines) is 1. The summed E-state index contributed by atoms with van der Waals surface area (Å²) in [5.41, 5.74) is 1.91. The second-order valence-corrected chi connectivity index (χ2v) is 12.0. The van der Waals surface area contributed by atoms with Crippen LogP contribution in [0.3, 0.4) is 0 Å². The fraction of sp³-hybridized carbons (Fsp3) is 0.471. The lowest BCUT2D eigenvalue weighted by Crippen LogP contribution is -2.50. The van der Waals surface area contributed by atoms with E-state index < -0.39 is 0 Å². The van der Waals surface area contributed by atoms with E-state index >= 15 is 0 Å². The van der Waals surface area contributed by atoms with Crippen molar-refractivity contribution >= 4 is 34.2 Å². The summed E-state index contributed by atoms with van der Waals surface area (Å²) in [4.78, 5) is 31.6. The number of rotatable bonds is 10. The van der Waals surface area contributed by atoms with Crippen LogP contribution in [0.5, 0.6) is 0 Å². The van der Waals surface area contributed by atoms with Gasteiger partial charge in [0.25, 0.3) is 5.91 Å². The Kier molecular flexibility index (Phi) is 10.3. The molecule has 41 heavy (non-hydrogen) atoms. The molecule has 2 saturated heterocycles. The van der Waals surface area contributed by atoms with Crippen LogP contribution in [0.2, 0.25) is 5.02 Å². The maximum absolute atomic E-state index is 13.9. The smallest absolute Gasteiger partial charge is 0.251 e. The van der Waals surface area contributed by atoms with E-state index in [0.29, 0.717) is 29.6 Å². The molecule has 3 atom stereocenters. The molecule has 0 unspecified atom stereocenters. The van der Waals surface area contributed by atoms with Crippen LogP contribution >= 0.6 is 11.6 Å². The lowest BCUT2D eigenvalue weighted by molar-refractivity contribution is -0.133. The minimum absolute atomic E-state index is 0.0234. The third-order valence-corrected chi connectivity index (χ3v) is 8.99. The summed E-state index contributed by atoms with van der Waals surface area (Å²) in [6, 6.07) is 21.7. The van der Waals surface area contributed by atoms with Crippen molar-refractivity contribution in [3.05, 3.63) is 82.9 Å². The highest BCUT2D eigenvalue weighted by Gasteiger charge is 2.32. The van der Waals surface area contributed by atoms with Crippen molar-refractivity contribution in [1.82, 2.24) is 20.4 Å². The maximum Gasteiger partial charge on any atom is 0.251 e. The zero-order valence-corrected chi connectivity index (χ0v) is 24.9. The molecule has 0 spiro atoms. The summed E-state index contributed by atoms with van der Waals surface area (Å²) in [6.45, 7) is 7.25. The van der Waals surface area contributed by atoms with Crippen LogP contribution in [0.15, 0.2) is 66.7 Å². The van der Waals surface area contributed by atoms with Crippen LogP contribution in [0.25, 0.3) is 10.8 Å². The summed E-state index contributed by atoms with van der Waals surface area (Å²) >= 11 is 6.12. The first-order valence-corrected chi connectivity index (χ1v) is 15.7. The third kappa shape index (κ3) is 7.88. The van der Waals surface area contributed by atoms with Crippen molar-refractivity contribution in [3.63, 3.8) is 0 Å². The van der Waals surface area contributed by atoms with Gasteiger partial charge in [-0.1, -0.05) is 67.4 Å². The Hall–Kier alpha value is -2.93. The molecular weight excluding hydrogens is 532 g/mol. The number of nitrogens with zero attached hydrogens (tertiary/aromatic N) is 2. The average molecular weight is 575 g/mol. The van der Waals surface area contributed by atoms with Gasteiger partial charge in [-0.25, -0.2) is 0 Å². The molecule has 0 bridgehead atoms. The Morgan fingerprint density at radius 1 is 1.00 bits per heavy atom. The van der Waals surface area contributed by atoms with Crippen molar-refractivity contribution in [2.24, 2.45) is 0 Å². The fourth-order valence-electron chi connectivity index (χ4n) is 6.26. The van der Waals surface area contributed by atoms with Crippen LogP contribution in [-0.2, 0) is 4.79 Å². The third-order valence-electron chi connectivity index (χ3n) is 8.75. The van der Waals surface area contributed by atoms with Gasteiger partial charge in [0.2, 0.25) is 5.91 Å². The van der Waals surface area contributed by atoms with E-state index in [1.165, 1.54) is 24.8 Å². The van der Waals surface area contributed by atoms with Gasteiger partial charge in [0.05, 0.1) is 6.04 Å². The molecule has 2 N–H and O–H groups in total. The van der Waals surface area contributed by atoms with Gasteiger partial charge in [0.15, 0.2) is 0 Å². The summed E-state index contributed by atoms with van der Waals surface area (Å²) in [5, 5.41) is 9.48. The number of hydrogen-bond donors (Lipinski definition) is 2. The largest absolute Gasteiger partial charge is 0.350 e. The summed E-state index contributed by atoms with van der Waals surface area (Å²) in [5.74, 6) is 0.399. The summed E-state index contributed by atoms with van der Waals surface area (Å²) < 4.78 is 0. The molecular formula is C34H43ClN4O2. The molecule has 6 nitrogen and oxygen atoms in total. The summed E-state index contributed by atoms with van der Waals surface area (Å²) in [6.07, 6.45) is 6.35. The number of carbonyl (C=O) groups excluding carboxylic acids is 2. The SMILES string of the molecule is CC[C@H](CN1CC[C@H](CNC(=O)c2ccc3cc(Cl)ccc3c2)N[C@H](CCN2CCCCC2)C1=O)c1ccccc1. The van der Waals surface area contributed by atoms with E-state index in [2.05, 4.69) is 51.6 Å². The van der Waals surface area contributed by atoms with E-state index in [1.54, 1.807) is 0 Å². The zero-order valence-electron chi connectivity index (χ0n) is 24.2. The number of halogens is 1. The lowest BCUT2D eigenvalue weighted by Gasteiger charge is -2.31. The number of hydrogen-bond acceptors (Lipinski definition) is 4. The maximum atomic E-state index is 13.9. The van der Waals surface area contributed by atoms with Crippen LogP contribution in [0.4, 0.5) is 0 Å². The number of amides is 2. The predicted molar refractivity (Wildman–Crippen MR) is 168 cm³/mol. The molecule has 7 heteroatoms. The molecule has 2 aliphatic rings. The Labute approximate surface area is 249 Å². The Morgan fingerprint density at radius 2 is 1.76 bits per heavy atom. The molecule has 0 aliphatic carbocycles. The molecule has 2 fully saturated rings. The van der Waals surface area contributed by atoms with Crippen LogP contribution in [0.1, 0.15) is 67.3 Å². The van der Waals surface area contributed by atoms with Crippen LogP contribution in [0, 0.1) is 0 Å². The highest BCUT2D eigenvalue weighted by Crippen LogP contribution is 2.24. The topological polar surface area (TPSA) is 64.7 Å². The molecule has 3 aromatic carbocycles. The highest BCUT2D eigenvalue weighted by molar-refractivity contribution is 6.31. The van der Waals surface area contributed by atoms with Crippen molar-refractivity contribution in [1.29, 1.82) is 0 Å². The van der Waals surface area contributed by atoms with Crippen molar-refractivity contribution in [2.45, 2.75) is 63.5 Å². The second-order valence-electron chi connectivity index (χ2n) is 11.6. The molecule has 2 amide bonds. The van der Waals surface area contributed by atoms with E-state index in [1.807, 2.05) is 42.5 Å². The second kappa shape index (κ2) is 14.3. The highest BCUT2D eigenvalue weighted by atomic mass is 35.5. The van der Waals surface area contributed by atoms with Gasteiger partial charge in [-0.2, -0.15) is 0 Å². The van der Waals surface area contributed by atoms with Gasteiger partial charge in [0.1, 0.15) is 0 Å². The number of carbonyl (C=O) groups is 2. The van der Waals surface area contributed by atoms with Crippen molar-refractivity contribution in [3.8, 4) is 0 Å². The number of piperidine rings is 1.